The molecule has 0 saturated heterocycles. The lowest BCUT2D eigenvalue weighted by Gasteiger charge is -2.29. The van der Waals surface area contributed by atoms with E-state index in [1.165, 1.54) is 116 Å². The van der Waals surface area contributed by atoms with E-state index in [2.05, 4.69) is 0 Å². The Labute approximate surface area is 149 Å². The first-order chi connectivity index (χ1) is 11.9. The minimum absolute atomic E-state index is 1.40. The van der Waals surface area contributed by atoms with Gasteiger partial charge in [-0.25, -0.2) is 0 Å². The van der Waals surface area contributed by atoms with Crippen molar-refractivity contribution in [2.24, 2.45) is 0 Å². The van der Waals surface area contributed by atoms with Crippen LogP contribution in [0.5, 0.6) is 0 Å². The molecule has 0 nitrogen and oxygen atoms in total. The number of rotatable bonds is 0. The first kappa shape index (κ1) is 16.7. The Balaban J connectivity index is 1.35. The van der Waals surface area contributed by atoms with Gasteiger partial charge in [0.15, 0.2) is 0 Å². The molecule has 0 bridgehead atoms. The Bertz CT molecular complexity index is 465. The fourth-order valence-electron chi connectivity index (χ4n) is 5.79. The van der Waals surface area contributed by atoms with E-state index in [0.29, 0.717) is 0 Å². The summed E-state index contributed by atoms with van der Waals surface area (Å²) >= 11 is 0. The maximum atomic E-state index is 1.88. The van der Waals surface area contributed by atoms with Crippen molar-refractivity contribution in [3.8, 4) is 0 Å². The third-order valence-corrected chi connectivity index (χ3v) is 7.33. The van der Waals surface area contributed by atoms with Crippen LogP contribution in [0.2, 0.25) is 0 Å². The second-order valence-electron chi connectivity index (χ2n) is 8.74. The molecule has 24 heavy (non-hydrogen) atoms. The molecule has 0 heteroatoms. The molecule has 0 atom stereocenters. The summed E-state index contributed by atoms with van der Waals surface area (Å²) in [6, 6.07) is 0. The molecule has 0 N–H and O–H groups in total. The fraction of sp³-hybridized carbons (Fsp3) is 0.750. The molecule has 0 aromatic carbocycles. The van der Waals surface area contributed by atoms with Gasteiger partial charge in [0, 0.05) is 0 Å². The summed E-state index contributed by atoms with van der Waals surface area (Å²) in [5, 5.41) is 0. The van der Waals surface area contributed by atoms with E-state index < -0.39 is 0 Å². The Morgan fingerprint density at radius 3 is 0.667 bits per heavy atom. The van der Waals surface area contributed by atoms with Crippen molar-refractivity contribution in [1.82, 2.24) is 0 Å². The summed E-state index contributed by atoms with van der Waals surface area (Å²) in [4.78, 5) is 0. The first-order valence-electron chi connectivity index (χ1n) is 11.0. The first-order valence-corrected chi connectivity index (χ1v) is 11.0. The van der Waals surface area contributed by atoms with Crippen LogP contribution in [-0.4, -0.2) is 0 Å². The van der Waals surface area contributed by atoms with Gasteiger partial charge in [-0.2, -0.15) is 0 Å². The molecule has 0 aromatic rings. The molecule has 132 valence electrons. The number of hydrogen-bond acceptors (Lipinski definition) is 0. The zero-order valence-corrected chi connectivity index (χ0v) is 15.7. The zero-order valence-electron chi connectivity index (χ0n) is 15.7. The lowest BCUT2D eigenvalue weighted by molar-refractivity contribution is 0.566. The van der Waals surface area contributed by atoms with Gasteiger partial charge in [-0.1, -0.05) is 46.3 Å². The summed E-state index contributed by atoms with van der Waals surface area (Å²) in [5.41, 5.74) is 11.3. The van der Waals surface area contributed by atoms with Gasteiger partial charge < -0.3 is 0 Å². The van der Waals surface area contributed by atoms with Gasteiger partial charge in [0.1, 0.15) is 0 Å². The largest absolute Gasteiger partial charge is 0.0710 e. The van der Waals surface area contributed by atoms with E-state index in [9.17, 15) is 0 Å². The van der Waals surface area contributed by atoms with Crippen LogP contribution >= 0.6 is 0 Å². The van der Waals surface area contributed by atoms with Gasteiger partial charge in [-0.15, -0.1) is 0 Å². The molecule has 0 radical (unpaired) electrons. The molecule has 0 unspecified atom stereocenters. The standard InChI is InChI=1S/C24H36/c1-3-7-19(8-4-1)21-11-15-23(16-12-21)24-17-13-22(14-18-24)20-9-5-2-6-10-20/h1-18H2. The van der Waals surface area contributed by atoms with E-state index in [0.717, 1.165) is 0 Å². The van der Waals surface area contributed by atoms with E-state index in [1.807, 2.05) is 33.4 Å². The second kappa shape index (κ2) is 8.07. The molecule has 4 rings (SSSR count). The smallest absolute Gasteiger partial charge is 0.0280 e. The van der Waals surface area contributed by atoms with Gasteiger partial charge >= 0.3 is 0 Å². The molecule has 4 aliphatic rings. The minimum Gasteiger partial charge on any atom is -0.0710 e. The third kappa shape index (κ3) is 3.89. The van der Waals surface area contributed by atoms with Crippen molar-refractivity contribution in [3.63, 3.8) is 0 Å². The van der Waals surface area contributed by atoms with Crippen molar-refractivity contribution in [2.45, 2.75) is 116 Å². The average Bonchev–Trinajstić information content (AvgIpc) is 2.70. The van der Waals surface area contributed by atoms with Gasteiger partial charge in [0.25, 0.3) is 0 Å². The SMILES string of the molecule is C1CCC(=C2CCC(=C3CCC(=C4CCCCC4)CC3)CC2)CC1. The maximum absolute atomic E-state index is 1.88. The summed E-state index contributed by atoms with van der Waals surface area (Å²) in [7, 11) is 0. The second-order valence-corrected chi connectivity index (χ2v) is 8.74. The van der Waals surface area contributed by atoms with E-state index in [4.69, 9.17) is 0 Å². The Hall–Kier alpha value is -0.780. The maximum Gasteiger partial charge on any atom is -0.0280 e. The van der Waals surface area contributed by atoms with E-state index >= 15 is 0 Å². The Morgan fingerprint density at radius 1 is 0.208 bits per heavy atom. The predicted molar refractivity (Wildman–Crippen MR) is 104 cm³/mol. The molecule has 4 saturated carbocycles. The minimum atomic E-state index is 1.40. The van der Waals surface area contributed by atoms with Crippen LogP contribution in [0.4, 0.5) is 0 Å². The van der Waals surface area contributed by atoms with Crippen LogP contribution in [-0.2, 0) is 0 Å². The van der Waals surface area contributed by atoms with Crippen LogP contribution in [0.15, 0.2) is 33.4 Å². The van der Waals surface area contributed by atoms with Crippen LogP contribution in [0.1, 0.15) is 116 Å². The Morgan fingerprint density at radius 2 is 0.417 bits per heavy atom. The lowest BCUT2D eigenvalue weighted by Crippen LogP contribution is -2.09. The van der Waals surface area contributed by atoms with Crippen LogP contribution in [0, 0.1) is 0 Å². The average molecular weight is 325 g/mol. The molecular weight excluding hydrogens is 288 g/mol. The highest BCUT2D eigenvalue weighted by Crippen LogP contribution is 2.41. The van der Waals surface area contributed by atoms with Gasteiger partial charge in [-0.3, -0.25) is 0 Å². The monoisotopic (exact) mass is 324 g/mol. The summed E-state index contributed by atoms with van der Waals surface area (Å²) in [5.74, 6) is 0. The third-order valence-electron chi connectivity index (χ3n) is 7.33. The van der Waals surface area contributed by atoms with Gasteiger partial charge in [-0.05, 0) is 103 Å². The fourth-order valence-corrected chi connectivity index (χ4v) is 5.79. The van der Waals surface area contributed by atoms with Crippen molar-refractivity contribution in [2.75, 3.05) is 0 Å². The molecule has 4 aliphatic carbocycles. The van der Waals surface area contributed by atoms with Crippen LogP contribution < -0.4 is 0 Å². The summed E-state index contributed by atoms with van der Waals surface area (Å²) < 4.78 is 0. The summed E-state index contributed by atoms with van der Waals surface area (Å²) in [6.07, 6.45) is 25.7. The highest BCUT2D eigenvalue weighted by molar-refractivity contribution is 5.29. The molecule has 4 fully saturated rings. The zero-order chi connectivity index (χ0) is 16.2. The highest BCUT2D eigenvalue weighted by Gasteiger charge is 2.21. The van der Waals surface area contributed by atoms with Crippen molar-refractivity contribution in [3.05, 3.63) is 33.4 Å². The highest BCUT2D eigenvalue weighted by atomic mass is 14.3. The van der Waals surface area contributed by atoms with Crippen molar-refractivity contribution < 1.29 is 0 Å². The van der Waals surface area contributed by atoms with Crippen molar-refractivity contribution in [1.29, 1.82) is 0 Å². The quantitative estimate of drug-likeness (QED) is 0.396. The van der Waals surface area contributed by atoms with Crippen LogP contribution in [0.25, 0.3) is 0 Å². The summed E-state index contributed by atoms with van der Waals surface area (Å²) in [6.45, 7) is 0. The molecule has 0 aliphatic heterocycles. The topological polar surface area (TPSA) is 0 Å². The van der Waals surface area contributed by atoms with E-state index in [-0.39, 0.29) is 0 Å². The predicted octanol–water partition coefficient (Wildman–Crippen LogP) is 7.95. The van der Waals surface area contributed by atoms with Gasteiger partial charge in [0.2, 0.25) is 0 Å². The lowest BCUT2D eigenvalue weighted by atomic mass is 9.77. The van der Waals surface area contributed by atoms with Gasteiger partial charge in [0.05, 0.1) is 0 Å². The molecule has 0 aromatic heterocycles. The van der Waals surface area contributed by atoms with E-state index in [1.54, 1.807) is 0 Å². The van der Waals surface area contributed by atoms with Crippen molar-refractivity contribution >= 4 is 0 Å². The molecule has 0 heterocycles. The molecular formula is C24H36. The Kier molecular flexibility index (Phi) is 5.60. The van der Waals surface area contributed by atoms with Crippen LogP contribution in [0.3, 0.4) is 0 Å². The normalized spacial score (nSPS) is 27.0. The number of allylic oxidation sites excluding steroid dienone is 6. The number of hydrogen-bond donors (Lipinski definition) is 0. The molecule has 0 amide bonds. The molecule has 0 spiro atoms.